The molecule has 2 aliphatic carbocycles. The molecule has 42 heavy (non-hydrogen) atoms. The van der Waals surface area contributed by atoms with Gasteiger partial charge in [0.25, 0.3) is 5.91 Å². The number of halogens is 1. The van der Waals surface area contributed by atoms with Gasteiger partial charge in [0, 0.05) is 29.1 Å². The molecule has 1 N–H and O–H groups in total. The molecular formula is C33H41ClN2O5S. The lowest BCUT2D eigenvalue weighted by Gasteiger charge is -2.41. The highest BCUT2D eigenvalue weighted by molar-refractivity contribution is 7.90. The highest BCUT2D eigenvalue weighted by atomic mass is 35.5. The largest absolute Gasteiger partial charge is 0.490 e. The number of nitrogens with one attached hydrogen (secondary N) is 1. The molecule has 3 atom stereocenters. The first kappa shape index (κ1) is 30.6. The maximum absolute atomic E-state index is 13.1. The monoisotopic (exact) mass is 612 g/mol. The molecule has 1 amide bonds. The van der Waals surface area contributed by atoms with Crippen LogP contribution >= 0.6 is 11.6 Å². The highest BCUT2D eigenvalue weighted by Crippen LogP contribution is 2.47. The molecular weight excluding hydrogens is 572 g/mol. The fourth-order valence-corrected chi connectivity index (χ4v) is 7.43. The fourth-order valence-electron chi connectivity index (χ4n) is 6.39. The first-order valence-corrected chi connectivity index (χ1v) is 17.0. The first-order valence-electron chi connectivity index (χ1n) is 14.9. The van der Waals surface area contributed by atoms with Crippen molar-refractivity contribution in [1.29, 1.82) is 0 Å². The van der Waals surface area contributed by atoms with Crippen molar-refractivity contribution in [3.05, 3.63) is 82.9 Å². The molecule has 1 spiro atoms. The summed E-state index contributed by atoms with van der Waals surface area (Å²) in [7, 11) is -3.86. The van der Waals surface area contributed by atoms with Crippen molar-refractivity contribution < 1.29 is 22.7 Å². The molecule has 9 heteroatoms. The Morgan fingerprint density at radius 3 is 2.88 bits per heavy atom. The molecule has 7 nitrogen and oxygen atoms in total. The first-order chi connectivity index (χ1) is 20.2. The van der Waals surface area contributed by atoms with E-state index in [0.717, 1.165) is 55.9 Å². The summed E-state index contributed by atoms with van der Waals surface area (Å²) in [6, 6.07) is 11.4. The highest BCUT2D eigenvalue weighted by Gasteiger charge is 2.44. The molecule has 3 aliphatic rings. The summed E-state index contributed by atoms with van der Waals surface area (Å²) < 4.78 is 39.0. The van der Waals surface area contributed by atoms with Crippen LogP contribution in [-0.2, 0) is 26.6 Å². The molecule has 1 heterocycles. The van der Waals surface area contributed by atoms with Gasteiger partial charge in [0.2, 0.25) is 10.0 Å². The van der Waals surface area contributed by atoms with Crippen molar-refractivity contribution in [2.45, 2.75) is 50.9 Å². The van der Waals surface area contributed by atoms with Crippen molar-refractivity contribution in [3.63, 3.8) is 0 Å². The second-order valence-electron chi connectivity index (χ2n) is 11.8. The number of fused-ring (bicyclic) bond motifs is 3. The van der Waals surface area contributed by atoms with Gasteiger partial charge >= 0.3 is 0 Å². The van der Waals surface area contributed by atoms with E-state index in [2.05, 4.69) is 47.4 Å². The smallest absolute Gasteiger partial charge is 0.264 e. The lowest BCUT2D eigenvalue weighted by molar-refractivity contribution is 0.0981. The molecule has 1 unspecified atom stereocenters. The normalized spacial score (nSPS) is 23.1. The third-order valence-electron chi connectivity index (χ3n) is 8.82. The minimum absolute atomic E-state index is 0.0233. The number of aryl methyl sites for hydroxylation is 1. The molecule has 5 rings (SSSR count). The Hall–Kier alpha value is -2.81. The SMILES string of the molecule is C=CCOCCS(=O)(=O)NC(=O)c1ccc2c(c1)N(C[C@H]1CC[C@@H]1/C=C/CCC)CC1(CCc3cc(Cl)ccc31)CO2. The number of ether oxygens (including phenoxy) is 2. The van der Waals surface area contributed by atoms with Gasteiger partial charge in [0.05, 0.1) is 31.3 Å². The van der Waals surface area contributed by atoms with Crippen molar-refractivity contribution >= 4 is 33.2 Å². The van der Waals surface area contributed by atoms with E-state index in [1.54, 1.807) is 24.3 Å². The Kier molecular flexibility index (Phi) is 9.65. The molecule has 0 bridgehead atoms. The second kappa shape index (κ2) is 13.2. The predicted octanol–water partition coefficient (Wildman–Crippen LogP) is 6.07. The maximum Gasteiger partial charge on any atom is 0.264 e. The van der Waals surface area contributed by atoms with E-state index in [0.29, 0.717) is 24.2 Å². The number of rotatable bonds is 12. The molecule has 1 aliphatic heterocycles. The van der Waals surface area contributed by atoms with Gasteiger partial charge < -0.3 is 14.4 Å². The van der Waals surface area contributed by atoms with Gasteiger partial charge in [-0.05, 0) is 85.4 Å². The van der Waals surface area contributed by atoms with Crippen LogP contribution in [0.4, 0.5) is 5.69 Å². The Bertz CT molecular complexity index is 1440. The van der Waals surface area contributed by atoms with Crippen LogP contribution in [0.15, 0.2) is 61.2 Å². The lowest BCUT2D eigenvalue weighted by atomic mass is 9.72. The van der Waals surface area contributed by atoms with E-state index in [-0.39, 0.29) is 29.9 Å². The van der Waals surface area contributed by atoms with Crippen LogP contribution < -0.4 is 14.4 Å². The van der Waals surface area contributed by atoms with Gasteiger partial charge in [0.15, 0.2) is 0 Å². The fraction of sp³-hybridized carbons (Fsp3) is 0.485. The summed E-state index contributed by atoms with van der Waals surface area (Å²) in [5.74, 6) is 0.775. The van der Waals surface area contributed by atoms with E-state index in [1.807, 2.05) is 6.07 Å². The number of carbonyl (C=O) groups is 1. The molecule has 0 saturated heterocycles. The summed E-state index contributed by atoms with van der Waals surface area (Å²) in [6.07, 6.45) is 12.7. The van der Waals surface area contributed by atoms with Crippen molar-refractivity contribution in [2.75, 3.05) is 43.6 Å². The third-order valence-corrected chi connectivity index (χ3v) is 10.3. The Morgan fingerprint density at radius 1 is 1.26 bits per heavy atom. The number of hydrogen-bond donors (Lipinski definition) is 1. The topological polar surface area (TPSA) is 84.9 Å². The number of nitrogens with zero attached hydrogens (tertiary/aromatic N) is 1. The summed E-state index contributed by atoms with van der Waals surface area (Å²) in [5.41, 5.74) is 3.45. The molecule has 1 fully saturated rings. The number of benzene rings is 2. The summed E-state index contributed by atoms with van der Waals surface area (Å²) >= 11 is 6.34. The minimum atomic E-state index is -3.86. The standard InChI is InChI=1S/C33H41ClN2O5S/c1-3-5-6-7-24-8-9-27(24)21-36-22-33(15-14-25-19-28(34)11-12-29(25)33)23-41-31-13-10-26(20-30(31)36)32(37)35-42(38,39)18-17-40-16-4-2/h4,6-7,10-13,19-20,24,27H,2-3,5,8-9,14-18,21-23H2,1H3,(H,35,37)/b7-6+/t24-,27+,33?/m0/s1. The van der Waals surface area contributed by atoms with E-state index >= 15 is 0 Å². The Morgan fingerprint density at radius 2 is 2.12 bits per heavy atom. The Labute approximate surface area is 255 Å². The predicted molar refractivity (Wildman–Crippen MR) is 168 cm³/mol. The van der Waals surface area contributed by atoms with Crippen LogP contribution in [-0.4, -0.2) is 53.0 Å². The van der Waals surface area contributed by atoms with Crippen molar-refractivity contribution in [3.8, 4) is 5.75 Å². The minimum Gasteiger partial charge on any atom is -0.490 e. The summed E-state index contributed by atoms with van der Waals surface area (Å²) in [6.45, 7) is 8.09. The Balaban J connectivity index is 1.42. The van der Waals surface area contributed by atoms with E-state index in [1.165, 1.54) is 17.5 Å². The van der Waals surface area contributed by atoms with Gasteiger partial charge in [-0.15, -0.1) is 6.58 Å². The third kappa shape index (κ3) is 6.87. The zero-order chi connectivity index (χ0) is 29.7. The lowest BCUT2D eigenvalue weighted by Crippen LogP contribution is -2.45. The number of carbonyl (C=O) groups excluding carboxylic acids is 1. The average molecular weight is 613 g/mol. The van der Waals surface area contributed by atoms with Gasteiger partial charge in [-0.2, -0.15) is 0 Å². The number of anilines is 1. The molecule has 2 aromatic rings. The van der Waals surface area contributed by atoms with Crippen molar-refractivity contribution in [2.24, 2.45) is 11.8 Å². The van der Waals surface area contributed by atoms with E-state index in [9.17, 15) is 13.2 Å². The molecule has 1 saturated carbocycles. The number of allylic oxidation sites excluding steroid dienone is 2. The van der Waals surface area contributed by atoms with Crippen LogP contribution in [0.3, 0.4) is 0 Å². The summed E-state index contributed by atoms with van der Waals surface area (Å²) in [5, 5.41) is 0.745. The number of sulfonamides is 1. The summed E-state index contributed by atoms with van der Waals surface area (Å²) in [4.78, 5) is 15.5. The van der Waals surface area contributed by atoms with Crippen LogP contribution in [0.25, 0.3) is 0 Å². The molecule has 2 aromatic carbocycles. The van der Waals surface area contributed by atoms with Crippen LogP contribution in [0.1, 0.15) is 60.5 Å². The molecule has 0 radical (unpaired) electrons. The van der Waals surface area contributed by atoms with Gasteiger partial charge in [-0.1, -0.05) is 49.2 Å². The van der Waals surface area contributed by atoms with E-state index in [4.69, 9.17) is 21.1 Å². The van der Waals surface area contributed by atoms with Gasteiger partial charge in [-0.25, -0.2) is 13.1 Å². The van der Waals surface area contributed by atoms with E-state index < -0.39 is 15.9 Å². The number of amides is 1. The number of unbranched alkanes of at least 4 members (excludes halogenated alkanes) is 1. The maximum atomic E-state index is 13.1. The average Bonchev–Trinajstić information content (AvgIpc) is 3.21. The van der Waals surface area contributed by atoms with Gasteiger partial charge in [0.1, 0.15) is 5.75 Å². The van der Waals surface area contributed by atoms with Crippen LogP contribution in [0, 0.1) is 11.8 Å². The van der Waals surface area contributed by atoms with Crippen LogP contribution in [0.2, 0.25) is 5.02 Å². The second-order valence-corrected chi connectivity index (χ2v) is 14.0. The van der Waals surface area contributed by atoms with Crippen molar-refractivity contribution in [1.82, 2.24) is 4.72 Å². The quantitative estimate of drug-likeness (QED) is 0.231. The van der Waals surface area contributed by atoms with Gasteiger partial charge in [-0.3, -0.25) is 4.79 Å². The zero-order valence-electron chi connectivity index (χ0n) is 24.3. The zero-order valence-corrected chi connectivity index (χ0v) is 25.9. The molecule has 0 aromatic heterocycles. The van der Waals surface area contributed by atoms with Crippen LogP contribution in [0.5, 0.6) is 5.75 Å². The molecule has 226 valence electrons. The number of hydrogen-bond acceptors (Lipinski definition) is 6.